The molecule has 34 heavy (non-hydrogen) atoms. The molecule has 3 heterocycles. The fraction of sp³-hybridized carbons (Fsp3) is 0.458. The van der Waals surface area contributed by atoms with Gasteiger partial charge in [-0.1, -0.05) is 36.8 Å². The topological polar surface area (TPSA) is 109 Å². The molecule has 0 bridgehead atoms. The highest BCUT2D eigenvalue weighted by Gasteiger charge is 2.27. The maximum Gasteiger partial charge on any atom is 0.273 e. The largest absolute Gasteiger partial charge is 0.359 e. The zero-order valence-electron chi connectivity index (χ0n) is 19.5. The molecular weight excluding hydrogens is 452 g/mol. The van der Waals surface area contributed by atoms with E-state index in [4.69, 9.17) is 0 Å². The van der Waals surface area contributed by atoms with Crippen LogP contribution in [0.4, 0.5) is 10.8 Å². The Morgan fingerprint density at radius 3 is 2.76 bits per heavy atom. The van der Waals surface area contributed by atoms with Gasteiger partial charge in [0.2, 0.25) is 11.8 Å². The standard InChI is InChI=1S/C24H30N6O3S/c1-3-4-6-16-8-10-18(11-9-16)27-19(31)14-30-15-26-21-20(23(30)33)34-24(28-21)29-12-5-7-17(13-29)22(32)25-2/h8-11,15,17H,3-7,12-14H2,1-2H3,(H,25,32)(H,27,31). The van der Waals surface area contributed by atoms with E-state index in [2.05, 4.69) is 27.5 Å². The number of hydrogen-bond acceptors (Lipinski definition) is 7. The molecule has 0 saturated carbocycles. The highest BCUT2D eigenvalue weighted by Crippen LogP contribution is 2.29. The van der Waals surface area contributed by atoms with Crippen molar-refractivity contribution in [1.29, 1.82) is 0 Å². The third-order valence-corrected chi connectivity index (χ3v) is 7.15. The summed E-state index contributed by atoms with van der Waals surface area (Å²) in [6.45, 7) is 3.37. The number of aryl methyl sites for hydroxylation is 1. The highest BCUT2D eigenvalue weighted by molar-refractivity contribution is 7.22. The molecule has 1 aromatic carbocycles. The van der Waals surface area contributed by atoms with Crippen molar-refractivity contribution in [2.24, 2.45) is 5.92 Å². The van der Waals surface area contributed by atoms with E-state index < -0.39 is 0 Å². The number of nitrogens with zero attached hydrogens (tertiary/aromatic N) is 4. The van der Waals surface area contributed by atoms with Gasteiger partial charge in [0.1, 0.15) is 17.6 Å². The molecule has 0 radical (unpaired) electrons. The fourth-order valence-corrected chi connectivity index (χ4v) is 5.15. The van der Waals surface area contributed by atoms with Crippen LogP contribution in [0.15, 0.2) is 35.4 Å². The number of piperidine rings is 1. The SMILES string of the molecule is CCCCc1ccc(NC(=O)Cn2cnc3nc(N4CCCC(C(=O)NC)C4)sc3c2=O)cc1. The molecular formula is C24H30N6O3S. The minimum absolute atomic E-state index is 0.0212. The summed E-state index contributed by atoms with van der Waals surface area (Å²) in [5, 5.41) is 6.23. The lowest BCUT2D eigenvalue weighted by atomic mass is 9.98. The van der Waals surface area contributed by atoms with Gasteiger partial charge in [0.05, 0.1) is 5.92 Å². The number of anilines is 2. The number of carbonyl (C=O) groups excluding carboxylic acids is 2. The molecule has 2 aromatic heterocycles. The Morgan fingerprint density at radius 2 is 2.03 bits per heavy atom. The van der Waals surface area contributed by atoms with E-state index in [1.165, 1.54) is 27.8 Å². The number of benzene rings is 1. The van der Waals surface area contributed by atoms with Gasteiger partial charge in [0.25, 0.3) is 5.56 Å². The number of rotatable bonds is 8. The summed E-state index contributed by atoms with van der Waals surface area (Å²) in [6.07, 6.45) is 6.38. The second-order valence-electron chi connectivity index (χ2n) is 8.57. The fourth-order valence-electron chi connectivity index (χ4n) is 4.14. The minimum Gasteiger partial charge on any atom is -0.359 e. The molecule has 1 aliphatic heterocycles. The maximum atomic E-state index is 13.0. The van der Waals surface area contributed by atoms with Crippen LogP contribution in [-0.4, -0.2) is 46.5 Å². The number of carbonyl (C=O) groups is 2. The summed E-state index contributed by atoms with van der Waals surface area (Å²) in [6, 6.07) is 7.79. The Kier molecular flexibility index (Phi) is 7.56. The Labute approximate surface area is 202 Å². The first-order valence-electron chi connectivity index (χ1n) is 11.7. The summed E-state index contributed by atoms with van der Waals surface area (Å²) >= 11 is 1.26. The molecule has 3 aromatic rings. The predicted molar refractivity (Wildman–Crippen MR) is 134 cm³/mol. The summed E-state index contributed by atoms with van der Waals surface area (Å²) < 4.78 is 1.71. The number of thiazole rings is 1. The van der Waals surface area contributed by atoms with Gasteiger partial charge in [0, 0.05) is 25.8 Å². The molecule has 9 nitrogen and oxygen atoms in total. The second kappa shape index (κ2) is 10.8. The van der Waals surface area contributed by atoms with Crippen LogP contribution in [0.1, 0.15) is 38.2 Å². The van der Waals surface area contributed by atoms with Crippen molar-refractivity contribution in [2.45, 2.75) is 45.6 Å². The number of fused-ring (bicyclic) bond motifs is 1. The van der Waals surface area contributed by atoms with Crippen LogP contribution >= 0.6 is 11.3 Å². The average molecular weight is 483 g/mol. The van der Waals surface area contributed by atoms with Crippen LogP contribution in [0.3, 0.4) is 0 Å². The Bertz CT molecular complexity index is 1220. The van der Waals surface area contributed by atoms with Gasteiger partial charge in [0.15, 0.2) is 10.8 Å². The molecule has 0 spiro atoms. The molecule has 4 rings (SSSR count). The van der Waals surface area contributed by atoms with E-state index in [-0.39, 0.29) is 29.8 Å². The van der Waals surface area contributed by atoms with Gasteiger partial charge in [-0.25, -0.2) is 4.98 Å². The lowest BCUT2D eigenvalue weighted by Gasteiger charge is -2.31. The summed E-state index contributed by atoms with van der Waals surface area (Å²) in [7, 11) is 1.64. The average Bonchev–Trinajstić information content (AvgIpc) is 3.30. The summed E-state index contributed by atoms with van der Waals surface area (Å²) in [5.74, 6) is -0.369. The maximum absolute atomic E-state index is 13.0. The first kappa shape index (κ1) is 23.9. The van der Waals surface area contributed by atoms with Gasteiger partial charge in [-0.2, -0.15) is 4.98 Å². The number of nitrogens with one attached hydrogen (secondary N) is 2. The Balaban J connectivity index is 1.44. The van der Waals surface area contributed by atoms with E-state index in [1.807, 2.05) is 29.2 Å². The molecule has 180 valence electrons. The zero-order chi connectivity index (χ0) is 24.1. The van der Waals surface area contributed by atoms with Crippen molar-refractivity contribution in [3.8, 4) is 0 Å². The van der Waals surface area contributed by atoms with Crippen LogP contribution in [0.2, 0.25) is 0 Å². The van der Waals surface area contributed by atoms with Gasteiger partial charge < -0.3 is 15.5 Å². The van der Waals surface area contributed by atoms with Crippen LogP contribution in [0, 0.1) is 5.92 Å². The zero-order valence-corrected chi connectivity index (χ0v) is 20.4. The molecule has 1 atom stereocenters. The first-order valence-corrected chi connectivity index (χ1v) is 12.5. The summed E-state index contributed by atoms with van der Waals surface area (Å²) in [4.78, 5) is 48.5. The van der Waals surface area contributed by atoms with Crippen molar-refractivity contribution >= 4 is 44.3 Å². The third kappa shape index (κ3) is 5.44. The monoisotopic (exact) mass is 482 g/mol. The molecule has 0 aliphatic carbocycles. The van der Waals surface area contributed by atoms with Crippen molar-refractivity contribution < 1.29 is 9.59 Å². The van der Waals surface area contributed by atoms with E-state index in [0.717, 1.165) is 38.6 Å². The molecule has 2 amide bonds. The van der Waals surface area contributed by atoms with Crippen LogP contribution < -0.4 is 21.1 Å². The number of unbranched alkanes of at least 4 members (excludes halogenated alkanes) is 1. The van der Waals surface area contributed by atoms with Crippen molar-refractivity contribution in [3.05, 3.63) is 46.5 Å². The minimum atomic E-state index is -0.293. The van der Waals surface area contributed by atoms with Crippen molar-refractivity contribution in [3.63, 3.8) is 0 Å². The quantitative estimate of drug-likeness (QED) is 0.511. The van der Waals surface area contributed by atoms with E-state index in [0.29, 0.717) is 27.7 Å². The van der Waals surface area contributed by atoms with Crippen molar-refractivity contribution in [2.75, 3.05) is 30.4 Å². The summed E-state index contributed by atoms with van der Waals surface area (Å²) in [5.41, 5.74) is 2.01. The Morgan fingerprint density at radius 1 is 1.24 bits per heavy atom. The second-order valence-corrected chi connectivity index (χ2v) is 9.55. The molecule has 1 saturated heterocycles. The molecule has 1 aliphatic rings. The molecule has 1 unspecified atom stereocenters. The number of amides is 2. The van der Waals surface area contributed by atoms with E-state index in [9.17, 15) is 14.4 Å². The lowest BCUT2D eigenvalue weighted by Crippen LogP contribution is -2.42. The van der Waals surface area contributed by atoms with Gasteiger partial charge in [-0.05, 0) is 43.4 Å². The molecule has 2 N–H and O–H groups in total. The Hall–Kier alpha value is -3.27. The van der Waals surface area contributed by atoms with Crippen LogP contribution in [0.25, 0.3) is 10.3 Å². The van der Waals surface area contributed by atoms with Crippen LogP contribution in [0.5, 0.6) is 0 Å². The third-order valence-electron chi connectivity index (χ3n) is 6.05. The lowest BCUT2D eigenvalue weighted by molar-refractivity contribution is -0.124. The van der Waals surface area contributed by atoms with E-state index in [1.54, 1.807) is 7.05 Å². The molecule has 1 fully saturated rings. The smallest absolute Gasteiger partial charge is 0.273 e. The number of hydrogen-bond donors (Lipinski definition) is 2. The van der Waals surface area contributed by atoms with Gasteiger partial charge in [-0.3, -0.25) is 19.0 Å². The van der Waals surface area contributed by atoms with Gasteiger partial charge in [-0.15, -0.1) is 0 Å². The first-order chi connectivity index (χ1) is 16.5. The van der Waals surface area contributed by atoms with Gasteiger partial charge >= 0.3 is 0 Å². The normalized spacial score (nSPS) is 15.9. The highest BCUT2D eigenvalue weighted by atomic mass is 32.1. The molecule has 10 heteroatoms. The van der Waals surface area contributed by atoms with Crippen molar-refractivity contribution in [1.82, 2.24) is 19.9 Å². The van der Waals surface area contributed by atoms with Crippen LogP contribution in [-0.2, 0) is 22.6 Å². The predicted octanol–water partition coefficient (Wildman–Crippen LogP) is 2.80. The van der Waals surface area contributed by atoms with E-state index >= 15 is 0 Å². The number of aromatic nitrogens is 3.